The zero-order valence-corrected chi connectivity index (χ0v) is 20.4. The maximum absolute atomic E-state index is 12.3. The first-order valence-electron chi connectivity index (χ1n) is 10.7. The molecule has 0 aliphatic heterocycles. The molecule has 0 atom stereocenters. The van der Waals surface area contributed by atoms with Gasteiger partial charge in [-0.1, -0.05) is 80.9 Å². The molecule has 0 aliphatic carbocycles. The van der Waals surface area contributed by atoms with Crippen molar-refractivity contribution >= 4 is 40.6 Å². The van der Waals surface area contributed by atoms with Crippen molar-refractivity contribution < 1.29 is 4.79 Å². The van der Waals surface area contributed by atoms with E-state index in [1.807, 2.05) is 72.1 Å². The van der Waals surface area contributed by atoms with Gasteiger partial charge in [-0.05, 0) is 46.9 Å². The summed E-state index contributed by atoms with van der Waals surface area (Å²) in [5.74, 6) is -0.165. The maximum atomic E-state index is 12.3. The second-order valence-corrected chi connectivity index (χ2v) is 10.1. The molecule has 33 heavy (non-hydrogen) atoms. The van der Waals surface area contributed by atoms with Gasteiger partial charge >= 0.3 is 0 Å². The first kappa shape index (κ1) is 23.0. The summed E-state index contributed by atoms with van der Waals surface area (Å²) >= 11 is 7.56. The summed E-state index contributed by atoms with van der Waals surface area (Å²) in [7, 11) is 0. The van der Waals surface area contributed by atoms with Gasteiger partial charge in [-0.15, -0.1) is 11.3 Å². The fourth-order valence-electron chi connectivity index (χ4n) is 3.31. The Bertz CT molecular complexity index is 1270. The third-order valence-electron chi connectivity index (χ3n) is 5.25. The molecule has 1 heterocycles. The van der Waals surface area contributed by atoms with E-state index in [4.69, 9.17) is 16.6 Å². The molecular formula is C28H25ClN2OS. The third-order valence-corrected chi connectivity index (χ3v) is 6.39. The number of benzene rings is 3. The average molecular weight is 473 g/mol. The minimum absolute atomic E-state index is 0.113. The highest BCUT2D eigenvalue weighted by molar-refractivity contribution is 7.13. The topological polar surface area (TPSA) is 42.0 Å². The van der Waals surface area contributed by atoms with Crippen LogP contribution in [0, 0.1) is 0 Å². The minimum Gasteiger partial charge on any atom is -0.323 e. The van der Waals surface area contributed by atoms with Crippen molar-refractivity contribution in [2.75, 3.05) is 5.32 Å². The van der Waals surface area contributed by atoms with Crippen LogP contribution in [0.2, 0.25) is 5.02 Å². The second kappa shape index (κ2) is 9.74. The van der Waals surface area contributed by atoms with Crippen LogP contribution < -0.4 is 5.32 Å². The van der Waals surface area contributed by atoms with E-state index in [2.05, 4.69) is 38.2 Å². The van der Waals surface area contributed by atoms with Crippen molar-refractivity contribution in [1.29, 1.82) is 0 Å². The SMILES string of the molecule is CC(C)(C)c1ccc(/C=C/C(=O)Nc2ccc(-c3csc(-c4ccc(Cl)cc4)n3)cc2)cc1. The van der Waals surface area contributed by atoms with Crippen LogP contribution in [0.1, 0.15) is 31.9 Å². The average Bonchev–Trinajstić information content (AvgIpc) is 3.29. The molecule has 4 rings (SSSR count). The van der Waals surface area contributed by atoms with Crippen LogP contribution >= 0.6 is 22.9 Å². The van der Waals surface area contributed by atoms with Crippen LogP contribution in [-0.4, -0.2) is 10.9 Å². The summed E-state index contributed by atoms with van der Waals surface area (Å²) in [6, 6.07) is 23.6. The molecule has 0 fully saturated rings. The number of carbonyl (C=O) groups is 1. The van der Waals surface area contributed by atoms with Crippen molar-refractivity contribution in [2.24, 2.45) is 0 Å². The van der Waals surface area contributed by atoms with Gasteiger partial charge in [-0.25, -0.2) is 4.98 Å². The molecule has 1 N–H and O–H groups in total. The molecule has 0 unspecified atom stereocenters. The molecule has 1 amide bonds. The summed E-state index contributed by atoms with van der Waals surface area (Å²) in [6.45, 7) is 6.55. The lowest BCUT2D eigenvalue weighted by molar-refractivity contribution is -0.111. The van der Waals surface area contributed by atoms with Crippen molar-refractivity contribution in [3.05, 3.63) is 100 Å². The quantitative estimate of drug-likeness (QED) is 0.298. The van der Waals surface area contributed by atoms with Gasteiger partial charge < -0.3 is 5.32 Å². The number of rotatable bonds is 5. The van der Waals surface area contributed by atoms with Crippen LogP contribution in [0.15, 0.2) is 84.3 Å². The van der Waals surface area contributed by atoms with Gasteiger partial charge in [0.25, 0.3) is 0 Å². The van der Waals surface area contributed by atoms with Gasteiger partial charge in [-0.2, -0.15) is 0 Å². The lowest BCUT2D eigenvalue weighted by Crippen LogP contribution is -2.10. The van der Waals surface area contributed by atoms with Crippen molar-refractivity contribution in [2.45, 2.75) is 26.2 Å². The van der Waals surface area contributed by atoms with Crippen LogP contribution in [0.4, 0.5) is 5.69 Å². The number of nitrogens with zero attached hydrogens (tertiary/aromatic N) is 1. The first-order chi connectivity index (χ1) is 15.8. The predicted octanol–water partition coefficient (Wildman–Crippen LogP) is 8.08. The Morgan fingerprint density at radius 3 is 2.18 bits per heavy atom. The number of amides is 1. The third kappa shape index (κ3) is 5.98. The molecule has 5 heteroatoms. The Balaban J connectivity index is 1.38. The van der Waals surface area contributed by atoms with Gasteiger partial charge in [0.15, 0.2) is 0 Å². The molecule has 0 radical (unpaired) electrons. The van der Waals surface area contributed by atoms with E-state index in [1.54, 1.807) is 17.4 Å². The fourth-order valence-corrected chi connectivity index (χ4v) is 4.27. The second-order valence-electron chi connectivity index (χ2n) is 8.82. The number of carbonyl (C=O) groups excluding carboxylic acids is 1. The van der Waals surface area contributed by atoms with E-state index >= 15 is 0 Å². The molecule has 4 aromatic rings. The predicted molar refractivity (Wildman–Crippen MR) is 141 cm³/mol. The lowest BCUT2D eigenvalue weighted by atomic mass is 9.87. The zero-order chi connectivity index (χ0) is 23.4. The van der Waals surface area contributed by atoms with Crippen molar-refractivity contribution in [3.63, 3.8) is 0 Å². The van der Waals surface area contributed by atoms with Crippen molar-refractivity contribution in [1.82, 2.24) is 4.98 Å². The maximum Gasteiger partial charge on any atom is 0.248 e. The molecule has 1 aromatic heterocycles. The molecule has 0 aliphatic rings. The largest absolute Gasteiger partial charge is 0.323 e. The van der Waals surface area contributed by atoms with Gasteiger partial charge in [-0.3, -0.25) is 4.79 Å². The molecule has 0 saturated carbocycles. The fraction of sp³-hybridized carbons (Fsp3) is 0.143. The van der Waals surface area contributed by atoms with E-state index in [0.717, 1.165) is 33.1 Å². The monoisotopic (exact) mass is 472 g/mol. The Hall–Kier alpha value is -3.21. The van der Waals surface area contributed by atoms with Crippen LogP contribution in [-0.2, 0) is 10.2 Å². The van der Waals surface area contributed by atoms with E-state index in [-0.39, 0.29) is 11.3 Å². The van der Waals surface area contributed by atoms with Crippen LogP contribution in [0.3, 0.4) is 0 Å². The standard InChI is InChI=1S/C28H25ClN2OS/c1-28(2,3)22-11-4-19(5-12-22)6-17-26(32)30-24-15-9-20(10-16-24)25-18-33-27(31-25)21-7-13-23(29)14-8-21/h4-18H,1-3H3,(H,30,32)/b17-6+. The summed E-state index contributed by atoms with van der Waals surface area (Å²) < 4.78 is 0. The van der Waals surface area contributed by atoms with E-state index in [0.29, 0.717) is 5.02 Å². The summed E-state index contributed by atoms with van der Waals surface area (Å²) in [5.41, 5.74) is 6.06. The molecule has 3 nitrogen and oxygen atoms in total. The van der Waals surface area contributed by atoms with E-state index in [1.165, 1.54) is 5.56 Å². The molecule has 166 valence electrons. The highest BCUT2D eigenvalue weighted by atomic mass is 35.5. The van der Waals surface area contributed by atoms with E-state index < -0.39 is 0 Å². The molecule has 0 spiro atoms. The lowest BCUT2D eigenvalue weighted by Gasteiger charge is -2.18. The molecule has 0 saturated heterocycles. The van der Waals surface area contributed by atoms with Crippen LogP contribution in [0.25, 0.3) is 27.9 Å². The van der Waals surface area contributed by atoms with Gasteiger partial charge in [0.2, 0.25) is 5.91 Å². The zero-order valence-electron chi connectivity index (χ0n) is 18.8. The number of nitrogens with one attached hydrogen (secondary N) is 1. The Kier molecular flexibility index (Phi) is 6.77. The first-order valence-corrected chi connectivity index (χ1v) is 12.0. The number of aromatic nitrogens is 1. The highest BCUT2D eigenvalue weighted by Crippen LogP contribution is 2.30. The molecule has 0 bridgehead atoms. The Morgan fingerprint density at radius 2 is 1.55 bits per heavy atom. The number of thiazole rings is 1. The van der Waals surface area contributed by atoms with Gasteiger partial charge in [0.05, 0.1) is 5.69 Å². The Labute approximate surface area is 203 Å². The van der Waals surface area contributed by atoms with Gasteiger partial charge in [0.1, 0.15) is 5.01 Å². The molecular weight excluding hydrogens is 448 g/mol. The number of hydrogen-bond donors (Lipinski definition) is 1. The minimum atomic E-state index is -0.165. The van der Waals surface area contributed by atoms with E-state index in [9.17, 15) is 4.79 Å². The number of anilines is 1. The number of hydrogen-bond acceptors (Lipinski definition) is 3. The molecule has 3 aromatic carbocycles. The summed E-state index contributed by atoms with van der Waals surface area (Å²) in [4.78, 5) is 17.1. The van der Waals surface area contributed by atoms with Crippen molar-refractivity contribution in [3.8, 4) is 21.8 Å². The Morgan fingerprint density at radius 1 is 0.909 bits per heavy atom. The highest BCUT2D eigenvalue weighted by Gasteiger charge is 2.12. The smallest absolute Gasteiger partial charge is 0.248 e. The normalized spacial score (nSPS) is 11.6. The van der Waals surface area contributed by atoms with Crippen LogP contribution in [0.5, 0.6) is 0 Å². The van der Waals surface area contributed by atoms with Gasteiger partial charge in [0, 0.05) is 33.3 Å². The summed E-state index contributed by atoms with van der Waals surface area (Å²) in [6.07, 6.45) is 3.38. The number of halogens is 1. The summed E-state index contributed by atoms with van der Waals surface area (Å²) in [5, 5.41) is 6.59.